The normalized spacial score (nSPS) is 10.8. The Hall–Kier alpha value is -2.82. The molecule has 0 saturated carbocycles. The topological polar surface area (TPSA) is 72.6 Å². The Morgan fingerprint density at radius 2 is 2.14 bits per heavy atom. The molecule has 3 aromatic rings. The van der Waals surface area contributed by atoms with Crippen molar-refractivity contribution in [1.29, 1.82) is 0 Å². The number of carboxylic acid groups (broad SMARTS) is 1. The quantitative estimate of drug-likeness (QED) is 0.796. The van der Waals surface area contributed by atoms with E-state index >= 15 is 0 Å². The predicted molar refractivity (Wildman–Crippen MR) is 77.7 cm³/mol. The molecule has 1 N–H and O–H groups in total. The van der Waals surface area contributed by atoms with Crippen LogP contribution in [-0.2, 0) is 0 Å². The fourth-order valence-electron chi connectivity index (χ4n) is 2.40. The minimum Gasteiger partial charge on any atom is -0.497 e. The van der Waals surface area contributed by atoms with E-state index in [1.54, 1.807) is 44.4 Å². The van der Waals surface area contributed by atoms with Crippen LogP contribution >= 0.6 is 0 Å². The maximum Gasteiger partial charge on any atom is 0.336 e. The van der Waals surface area contributed by atoms with Crippen molar-refractivity contribution in [2.45, 2.75) is 6.92 Å². The van der Waals surface area contributed by atoms with Gasteiger partial charge in [0.1, 0.15) is 11.4 Å². The maximum absolute atomic E-state index is 11.6. The summed E-state index contributed by atoms with van der Waals surface area (Å²) in [5.74, 6) is 0.179. The summed E-state index contributed by atoms with van der Waals surface area (Å²) in [6, 6.07) is 8.65. The van der Waals surface area contributed by atoms with E-state index in [0.29, 0.717) is 33.7 Å². The van der Waals surface area contributed by atoms with Crippen LogP contribution in [0, 0.1) is 6.92 Å². The van der Waals surface area contributed by atoms with Crippen LogP contribution in [-0.4, -0.2) is 23.2 Å². The number of aromatic nitrogens is 1. The average Bonchev–Trinajstić information content (AvgIpc) is 2.99. The minimum atomic E-state index is -0.988. The van der Waals surface area contributed by atoms with E-state index in [9.17, 15) is 9.90 Å². The molecule has 0 saturated heterocycles. The predicted octanol–water partition coefficient (Wildman–Crippen LogP) is 3.51. The van der Waals surface area contributed by atoms with Gasteiger partial charge in [0.25, 0.3) is 0 Å². The average molecular weight is 283 g/mol. The summed E-state index contributed by atoms with van der Waals surface area (Å²) in [4.78, 5) is 16.2. The van der Waals surface area contributed by atoms with Gasteiger partial charge in [-0.3, -0.25) is 0 Å². The highest BCUT2D eigenvalue weighted by Gasteiger charge is 2.19. The number of pyridine rings is 1. The van der Waals surface area contributed by atoms with Crippen LogP contribution in [0.3, 0.4) is 0 Å². The summed E-state index contributed by atoms with van der Waals surface area (Å²) in [7, 11) is 1.56. The third-order valence-electron chi connectivity index (χ3n) is 3.41. The minimum absolute atomic E-state index is 0.231. The van der Waals surface area contributed by atoms with Crippen molar-refractivity contribution in [2.24, 2.45) is 0 Å². The molecule has 106 valence electrons. The molecule has 0 fully saturated rings. The SMILES string of the molecule is COc1ccc2c(C(=O)O)c(C)c(-c3ccco3)nc2c1. The van der Waals surface area contributed by atoms with Gasteiger partial charge in [-0.25, -0.2) is 9.78 Å². The summed E-state index contributed by atoms with van der Waals surface area (Å²) < 4.78 is 10.5. The maximum atomic E-state index is 11.6. The zero-order valence-electron chi connectivity index (χ0n) is 11.6. The highest BCUT2D eigenvalue weighted by atomic mass is 16.5. The summed E-state index contributed by atoms with van der Waals surface area (Å²) in [5, 5.41) is 10.1. The molecule has 2 heterocycles. The number of furan rings is 1. The molecule has 0 aliphatic rings. The van der Waals surface area contributed by atoms with Gasteiger partial charge in [-0.05, 0) is 36.8 Å². The molecule has 0 bridgehead atoms. The smallest absolute Gasteiger partial charge is 0.336 e. The second-order valence-corrected chi connectivity index (χ2v) is 4.63. The van der Waals surface area contributed by atoms with Crippen LogP contribution in [0.4, 0.5) is 0 Å². The lowest BCUT2D eigenvalue weighted by molar-refractivity contribution is 0.0698. The highest BCUT2D eigenvalue weighted by Crippen LogP contribution is 2.31. The summed E-state index contributed by atoms with van der Waals surface area (Å²) in [5.41, 5.74) is 1.89. The molecule has 0 spiro atoms. The van der Waals surface area contributed by atoms with E-state index in [1.165, 1.54) is 6.26 Å². The Bertz CT molecular complexity index is 822. The Morgan fingerprint density at radius 1 is 1.33 bits per heavy atom. The zero-order chi connectivity index (χ0) is 15.0. The molecule has 5 heteroatoms. The number of fused-ring (bicyclic) bond motifs is 1. The lowest BCUT2D eigenvalue weighted by Gasteiger charge is -2.11. The number of aromatic carboxylic acids is 1. The number of methoxy groups -OCH3 is 1. The largest absolute Gasteiger partial charge is 0.497 e. The third kappa shape index (κ3) is 2.12. The van der Waals surface area contributed by atoms with Crippen LogP contribution < -0.4 is 4.74 Å². The number of carbonyl (C=O) groups is 1. The van der Waals surface area contributed by atoms with Crippen LogP contribution in [0.1, 0.15) is 15.9 Å². The molecule has 0 amide bonds. The van der Waals surface area contributed by atoms with Gasteiger partial charge in [0, 0.05) is 11.5 Å². The van der Waals surface area contributed by atoms with Gasteiger partial charge in [-0.15, -0.1) is 0 Å². The first kappa shape index (κ1) is 13.2. The Labute approximate surface area is 120 Å². The fourth-order valence-corrected chi connectivity index (χ4v) is 2.40. The molecule has 0 radical (unpaired) electrons. The number of ether oxygens (including phenoxy) is 1. The first-order valence-corrected chi connectivity index (χ1v) is 6.37. The molecule has 21 heavy (non-hydrogen) atoms. The molecule has 0 unspecified atom stereocenters. The number of hydrogen-bond acceptors (Lipinski definition) is 4. The van der Waals surface area contributed by atoms with Crippen molar-refractivity contribution >= 4 is 16.9 Å². The molecule has 5 nitrogen and oxygen atoms in total. The Kier molecular flexibility index (Phi) is 3.10. The lowest BCUT2D eigenvalue weighted by atomic mass is 10.0. The van der Waals surface area contributed by atoms with E-state index < -0.39 is 5.97 Å². The first-order valence-electron chi connectivity index (χ1n) is 6.37. The fraction of sp³-hybridized carbons (Fsp3) is 0.125. The van der Waals surface area contributed by atoms with Crippen molar-refractivity contribution in [3.05, 3.63) is 47.7 Å². The monoisotopic (exact) mass is 283 g/mol. The summed E-state index contributed by atoms with van der Waals surface area (Å²) in [6.07, 6.45) is 1.53. The highest BCUT2D eigenvalue weighted by molar-refractivity contribution is 6.05. The zero-order valence-corrected chi connectivity index (χ0v) is 11.6. The van der Waals surface area contributed by atoms with Gasteiger partial charge >= 0.3 is 5.97 Å². The van der Waals surface area contributed by atoms with E-state index in [-0.39, 0.29) is 5.56 Å². The number of rotatable bonds is 3. The molecular weight excluding hydrogens is 270 g/mol. The van der Waals surface area contributed by atoms with Gasteiger partial charge in [0.15, 0.2) is 5.76 Å². The lowest BCUT2D eigenvalue weighted by Crippen LogP contribution is -2.04. The van der Waals surface area contributed by atoms with Crippen molar-refractivity contribution in [3.63, 3.8) is 0 Å². The summed E-state index contributed by atoms with van der Waals surface area (Å²) in [6.45, 7) is 1.73. The molecule has 2 aromatic heterocycles. The molecule has 0 aliphatic heterocycles. The van der Waals surface area contributed by atoms with E-state index in [1.807, 2.05) is 0 Å². The van der Waals surface area contributed by atoms with Crippen molar-refractivity contribution in [2.75, 3.05) is 7.11 Å². The second-order valence-electron chi connectivity index (χ2n) is 4.63. The van der Waals surface area contributed by atoms with E-state index in [4.69, 9.17) is 9.15 Å². The number of benzene rings is 1. The molecule has 1 aromatic carbocycles. The van der Waals surface area contributed by atoms with Crippen molar-refractivity contribution in [3.8, 4) is 17.2 Å². The van der Waals surface area contributed by atoms with Gasteiger partial charge in [-0.2, -0.15) is 0 Å². The van der Waals surface area contributed by atoms with Gasteiger partial charge in [0.2, 0.25) is 0 Å². The molecule has 0 aliphatic carbocycles. The number of nitrogens with zero attached hydrogens (tertiary/aromatic N) is 1. The standard InChI is InChI=1S/C16H13NO4/c1-9-14(16(18)19)11-6-5-10(20-2)8-12(11)17-15(9)13-4-3-7-21-13/h3-8H,1-2H3,(H,18,19). The van der Waals surface area contributed by atoms with E-state index in [0.717, 1.165) is 0 Å². The molecule has 0 atom stereocenters. The van der Waals surface area contributed by atoms with Gasteiger partial charge < -0.3 is 14.3 Å². The van der Waals surface area contributed by atoms with Crippen molar-refractivity contribution in [1.82, 2.24) is 4.98 Å². The summed E-state index contributed by atoms with van der Waals surface area (Å²) >= 11 is 0. The Balaban J connectivity index is 2.39. The molecule has 3 rings (SSSR count). The van der Waals surface area contributed by atoms with Crippen molar-refractivity contribution < 1.29 is 19.1 Å². The second kappa shape index (κ2) is 4.94. The Morgan fingerprint density at radius 3 is 2.76 bits per heavy atom. The number of hydrogen-bond donors (Lipinski definition) is 1. The van der Waals surface area contributed by atoms with Crippen LogP contribution in [0.5, 0.6) is 5.75 Å². The molecular formula is C16H13NO4. The van der Waals surface area contributed by atoms with Gasteiger partial charge in [-0.1, -0.05) is 0 Å². The van der Waals surface area contributed by atoms with Crippen LogP contribution in [0.15, 0.2) is 41.0 Å². The first-order chi connectivity index (χ1) is 10.1. The van der Waals surface area contributed by atoms with Crippen LogP contribution in [0.2, 0.25) is 0 Å². The third-order valence-corrected chi connectivity index (χ3v) is 3.41. The van der Waals surface area contributed by atoms with Gasteiger partial charge in [0.05, 0.1) is 24.5 Å². The van der Waals surface area contributed by atoms with E-state index in [2.05, 4.69) is 4.98 Å². The number of carboxylic acids is 1. The van der Waals surface area contributed by atoms with Crippen LogP contribution in [0.25, 0.3) is 22.4 Å².